The van der Waals surface area contributed by atoms with E-state index in [0.717, 1.165) is 5.56 Å². The number of nitrogens with zero attached hydrogens (tertiary/aromatic N) is 1. The van der Waals surface area contributed by atoms with Gasteiger partial charge < -0.3 is 15.4 Å². The van der Waals surface area contributed by atoms with Crippen molar-refractivity contribution in [3.8, 4) is 5.75 Å². The molecule has 0 unspecified atom stereocenters. The fourth-order valence-electron chi connectivity index (χ4n) is 4.49. The summed E-state index contributed by atoms with van der Waals surface area (Å²) < 4.78 is 20.1. The molecule has 0 aromatic heterocycles. The number of hydrogen-bond acceptors (Lipinski definition) is 3. The Morgan fingerprint density at radius 1 is 1.09 bits per heavy atom. The number of carbonyl (C=O) groups excluding carboxylic acids is 1. The van der Waals surface area contributed by atoms with Crippen LogP contribution in [0, 0.1) is 11.7 Å². The van der Waals surface area contributed by atoms with Crippen molar-refractivity contribution in [3.05, 3.63) is 88.2 Å². The van der Waals surface area contributed by atoms with Crippen molar-refractivity contribution in [2.75, 3.05) is 10.2 Å². The van der Waals surface area contributed by atoms with Gasteiger partial charge in [-0.25, -0.2) is 4.39 Å². The number of carbonyl (C=O) groups is 1. The quantitative estimate of drug-likeness (QED) is 0.435. The van der Waals surface area contributed by atoms with Crippen LogP contribution in [0.2, 0.25) is 10.0 Å². The third-order valence-corrected chi connectivity index (χ3v) is 6.73. The van der Waals surface area contributed by atoms with E-state index in [9.17, 15) is 9.18 Å². The van der Waals surface area contributed by atoms with E-state index < -0.39 is 17.7 Å². The lowest BCUT2D eigenvalue weighted by Gasteiger charge is -2.56. The predicted octanol–water partition coefficient (Wildman–Crippen LogP) is 5.93. The lowest BCUT2D eigenvalue weighted by atomic mass is 9.78. The van der Waals surface area contributed by atoms with Crippen molar-refractivity contribution in [1.82, 2.24) is 5.32 Å². The molecular formula is C24H18Cl2FN3O2S. The molecule has 5 rings (SSSR count). The normalized spacial score (nSPS) is 23.3. The molecule has 3 atom stereocenters. The van der Waals surface area contributed by atoms with Crippen LogP contribution in [-0.4, -0.2) is 16.7 Å². The highest BCUT2D eigenvalue weighted by atomic mass is 35.5. The van der Waals surface area contributed by atoms with E-state index in [1.807, 2.05) is 0 Å². The zero-order chi connectivity index (χ0) is 23.3. The van der Waals surface area contributed by atoms with Crippen molar-refractivity contribution in [2.45, 2.75) is 18.7 Å². The Labute approximate surface area is 205 Å². The van der Waals surface area contributed by atoms with Gasteiger partial charge in [-0.15, -0.1) is 0 Å². The lowest BCUT2D eigenvalue weighted by Crippen LogP contribution is -2.72. The minimum atomic E-state index is -1.21. The number of fused-ring (bicyclic) bond motifs is 4. The summed E-state index contributed by atoms with van der Waals surface area (Å²) in [4.78, 5) is 15.4. The monoisotopic (exact) mass is 501 g/mol. The summed E-state index contributed by atoms with van der Waals surface area (Å²) in [5.41, 5.74) is 0.718. The third kappa shape index (κ3) is 3.80. The summed E-state index contributed by atoms with van der Waals surface area (Å²) in [7, 11) is 0. The average Bonchev–Trinajstić information content (AvgIpc) is 2.77. The maximum absolute atomic E-state index is 13.7. The van der Waals surface area contributed by atoms with Crippen LogP contribution in [0.5, 0.6) is 5.75 Å². The van der Waals surface area contributed by atoms with E-state index in [1.54, 1.807) is 66.4 Å². The number of anilines is 2. The fraction of sp³-hybridized carbons (Fsp3) is 0.167. The number of benzene rings is 3. The molecule has 33 heavy (non-hydrogen) atoms. The van der Waals surface area contributed by atoms with E-state index in [0.29, 0.717) is 32.3 Å². The Bertz CT molecular complexity index is 1260. The number of ether oxygens (including phenoxy) is 1. The molecule has 2 aliphatic heterocycles. The van der Waals surface area contributed by atoms with Gasteiger partial charge >= 0.3 is 0 Å². The van der Waals surface area contributed by atoms with Crippen LogP contribution in [0.3, 0.4) is 0 Å². The molecule has 2 N–H and O–H groups in total. The molecule has 0 saturated carbocycles. The number of amides is 1. The second kappa shape index (κ2) is 8.17. The topological polar surface area (TPSA) is 53.6 Å². The van der Waals surface area contributed by atoms with Crippen LogP contribution < -0.4 is 20.3 Å². The van der Waals surface area contributed by atoms with Gasteiger partial charge in [0.15, 0.2) is 10.8 Å². The fourth-order valence-corrected chi connectivity index (χ4v) is 5.21. The molecule has 3 aromatic rings. The zero-order valence-corrected chi connectivity index (χ0v) is 19.6. The molecular weight excluding hydrogens is 484 g/mol. The van der Waals surface area contributed by atoms with E-state index >= 15 is 0 Å². The molecule has 2 aliphatic rings. The molecule has 5 nitrogen and oxygen atoms in total. The third-order valence-electron chi connectivity index (χ3n) is 5.94. The highest BCUT2D eigenvalue weighted by Gasteiger charge is 2.59. The molecule has 168 valence electrons. The van der Waals surface area contributed by atoms with E-state index in [1.165, 1.54) is 12.1 Å². The molecule has 0 radical (unpaired) electrons. The van der Waals surface area contributed by atoms with Crippen molar-refractivity contribution in [3.63, 3.8) is 0 Å². The lowest BCUT2D eigenvalue weighted by molar-refractivity contribution is -0.130. The molecule has 0 aliphatic carbocycles. The van der Waals surface area contributed by atoms with Gasteiger partial charge in [0.25, 0.3) is 0 Å². The molecule has 0 spiro atoms. The van der Waals surface area contributed by atoms with Crippen LogP contribution in [0.25, 0.3) is 0 Å². The van der Waals surface area contributed by atoms with Crippen LogP contribution in [0.15, 0.2) is 66.7 Å². The second-order valence-corrected chi connectivity index (χ2v) is 9.31. The summed E-state index contributed by atoms with van der Waals surface area (Å²) in [6.45, 7) is 1.81. The van der Waals surface area contributed by atoms with Gasteiger partial charge in [0, 0.05) is 27.0 Å². The summed E-state index contributed by atoms with van der Waals surface area (Å²) in [5.74, 6) is -0.808. The molecule has 3 aromatic carbocycles. The van der Waals surface area contributed by atoms with Crippen molar-refractivity contribution in [2.24, 2.45) is 5.92 Å². The SMILES string of the molecule is C[C@@]12Oc3ccc(Cl)cc3[C@H](NC(=S)N1c1ccc(F)cc1)[C@@H]2C(=O)Nc1ccc(Cl)cc1. The average molecular weight is 502 g/mol. The van der Waals surface area contributed by atoms with Gasteiger partial charge in [0.05, 0.1) is 6.04 Å². The van der Waals surface area contributed by atoms with Gasteiger partial charge in [-0.05, 0) is 85.9 Å². The summed E-state index contributed by atoms with van der Waals surface area (Å²) in [6, 6.07) is 17.5. The predicted molar refractivity (Wildman–Crippen MR) is 131 cm³/mol. The van der Waals surface area contributed by atoms with Gasteiger partial charge in [-0.2, -0.15) is 0 Å². The maximum atomic E-state index is 13.7. The Balaban J connectivity index is 1.62. The summed E-state index contributed by atoms with van der Waals surface area (Å²) in [5, 5.41) is 7.68. The number of hydrogen-bond donors (Lipinski definition) is 2. The molecule has 1 fully saturated rings. The van der Waals surface area contributed by atoms with Crippen molar-refractivity contribution >= 4 is 57.8 Å². The van der Waals surface area contributed by atoms with E-state index in [2.05, 4.69) is 10.6 Å². The number of thiocarbonyl (C=S) groups is 1. The van der Waals surface area contributed by atoms with Crippen molar-refractivity contribution in [1.29, 1.82) is 0 Å². The molecule has 2 bridgehead atoms. The van der Waals surface area contributed by atoms with Crippen LogP contribution in [0.1, 0.15) is 18.5 Å². The Kier molecular flexibility index (Phi) is 5.43. The summed E-state index contributed by atoms with van der Waals surface area (Å²) in [6.07, 6.45) is 0. The number of rotatable bonds is 3. The van der Waals surface area contributed by atoms with Gasteiger partial charge in [-0.1, -0.05) is 23.2 Å². The van der Waals surface area contributed by atoms with E-state index in [-0.39, 0.29) is 11.7 Å². The first-order chi connectivity index (χ1) is 15.8. The Morgan fingerprint density at radius 2 is 1.76 bits per heavy atom. The maximum Gasteiger partial charge on any atom is 0.236 e. The highest BCUT2D eigenvalue weighted by molar-refractivity contribution is 7.80. The van der Waals surface area contributed by atoms with E-state index in [4.69, 9.17) is 40.2 Å². The van der Waals surface area contributed by atoms with Crippen molar-refractivity contribution < 1.29 is 13.9 Å². The van der Waals surface area contributed by atoms with Gasteiger partial charge in [0.1, 0.15) is 17.5 Å². The smallest absolute Gasteiger partial charge is 0.236 e. The number of nitrogens with one attached hydrogen (secondary N) is 2. The largest absolute Gasteiger partial charge is 0.467 e. The van der Waals surface area contributed by atoms with Crippen LogP contribution in [-0.2, 0) is 4.79 Å². The summed E-state index contributed by atoms with van der Waals surface area (Å²) >= 11 is 17.9. The first-order valence-corrected chi connectivity index (χ1v) is 11.3. The minimum Gasteiger partial charge on any atom is -0.467 e. The van der Waals surface area contributed by atoms with Crippen LogP contribution in [0.4, 0.5) is 15.8 Å². The first-order valence-electron chi connectivity index (χ1n) is 10.2. The zero-order valence-electron chi connectivity index (χ0n) is 17.3. The minimum absolute atomic E-state index is 0.280. The Hall–Kier alpha value is -2.87. The Morgan fingerprint density at radius 3 is 2.45 bits per heavy atom. The molecule has 9 heteroatoms. The molecule has 1 amide bonds. The number of halogens is 3. The van der Waals surface area contributed by atoms with Crippen LogP contribution >= 0.6 is 35.4 Å². The molecule has 1 saturated heterocycles. The van der Waals surface area contributed by atoms with Gasteiger partial charge in [-0.3, -0.25) is 9.69 Å². The second-order valence-electron chi connectivity index (χ2n) is 8.05. The standard InChI is InChI=1S/C24H18Cl2FN3O2S/c1-24-20(22(31)28-16-7-2-13(25)3-8-16)21(18-12-14(26)4-11-19(18)32-24)29-23(33)30(24)17-9-5-15(27)6-10-17/h2-12,20-21H,1H3,(H,28,31)(H,29,33)/t20-,21+,24+/m1/s1. The molecule has 2 heterocycles. The van der Waals surface area contributed by atoms with Gasteiger partial charge in [0.2, 0.25) is 5.91 Å². The highest BCUT2D eigenvalue weighted by Crippen LogP contribution is 2.50. The first kappa shape index (κ1) is 21.9.